The summed E-state index contributed by atoms with van der Waals surface area (Å²) in [7, 11) is 0. The highest BCUT2D eigenvalue weighted by molar-refractivity contribution is 5.94. The fourth-order valence-corrected chi connectivity index (χ4v) is 3.24. The molecule has 5 nitrogen and oxygen atoms in total. The number of carbonyl (C=O) groups is 2. The average molecular weight is 519 g/mol. The third-order valence-corrected chi connectivity index (χ3v) is 5.27. The van der Waals surface area contributed by atoms with E-state index in [4.69, 9.17) is 4.74 Å². The van der Waals surface area contributed by atoms with Crippen molar-refractivity contribution in [1.82, 2.24) is 10.6 Å². The van der Waals surface area contributed by atoms with Gasteiger partial charge < -0.3 is 15.4 Å². The van der Waals surface area contributed by atoms with Gasteiger partial charge in [-0.1, -0.05) is 98.0 Å². The summed E-state index contributed by atoms with van der Waals surface area (Å²) in [6.45, 7) is 3.89. The predicted molar refractivity (Wildman–Crippen MR) is 160 cm³/mol. The molecule has 0 radical (unpaired) electrons. The summed E-state index contributed by atoms with van der Waals surface area (Å²) in [5, 5.41) is 5.65. The second-order valence-electron chi connectivity index (χ2n) is 8.54. The van der Waals surface area contributed by atoms with Crippen molar-refractivity contribution >= 4 is 11.8 Å². The smallest absolute Gasteiger partial charge is 0.251 e. The second-order valence-corrected chi connectivity index (χ2v) is 8.54. The van der Waals surface area contributed by atoms with Crippen LogP contribution in [0.2, 0.25) is 0 Å². The van der Waals surface area contributed by atoms with Crippen LogP contribution in [0, 0.1) is 0 Å². The molecule has 5 heteroatoms. The van der Waals surface area contributed by atoms with Gasteiger partial charge in [0.25, 0.3) is 5.91 Å². The molecular weight excluding hydrogens is 472 g/mol. The van der Waals surface area contributed by atoms with Gasteiger partial charge in [-0.15, -0.1) is 0 Å². The van der Waals surface area contributed by atoms with Crippen LogP contribution in [-0.4, -0.2) is 38.1 Å². The number of rotatable bonds is 21. The molecule has 206 valence electrons. The molecule has 0 aliphatic rings. The lowest BCUT2D eigenvalue weighted by Crippen LogP contribution is -2.30. The topological polar surface area (TPSA) is 67.4 Å². The first-order valence-corrected chi connectivity index (χ1v) is 13.8. The highest BCUT2D eigenvalue weighted by atomic mass is 16.5. The van der Waals surface area contributed by atoms with E-state index in [2.05, 4.69) is 84.4 Å². The Labute approximate surface area is 230 Å². The molecule has 0 bridgehead atoms. The van der Waals surface area contributed by atoms with Gasteiger partial charge in [0.15, 0.2) is 0 Å². The van der Waals surface area contributed by atoms with Crippen LogP contribution >= 0.6 is 0 Å². The molecule has 2 amide bonds. The van der Waals surface area contributed by atoms with Crippen molar-refractivity contribution in [1.29, 1.82) is 0 Å². The lowest BCUT2D eigenvalue weighted by Gasteiger charge is -2.07. The van der Waals surface area contributed by atoms with Gasteiger partial charge in [-0.05, 0) is 57.1 Å². The largest absolute Gasteiger partial charge is 0.378 e. The summed E-state index contributed by atoms with van der Waals surface area (Å²) < 4.78 is 5.45. The van der Waals surface area contributed by atoms with Crippen molar-refractivity contribution in [3.8, 4) is 0 Å². The van der Waals surface area contributed by atoms with Crippen molar-refractivity contribution < 1.29 is 14.3 Å². The highest BCUT2D eigenvalue weighted by Gasteiger charge is 2.03. The first kappa shape index (κ1) is 32.6. The highest BCUT2D eigenvalue weighted by Crippen LogP contribution is 1.99. The number of nitrogens with one attached hydrogen (secondary N) is 2. The fraction of sp³-hybridized carbons (Fsp3) is 0.394. The molecule has 0 aliphatic carbocycles. The third-order valence-electron chi connectivity index (χ3n) is 5.27. The van der Waals surface area contributed by atoms with E-state index in [1.54, 1.807) is 12.1 Å². The first-order valence-electron chi connectivity index (χ1n) is 13.8. The van der Waals surface area contributed by atoms with Gasteiger partial charge >= 0.3 is 0 Å². The van der Waals surface area contributed by atoms with Crippen LogP contribution in [0.25, 0.3) is 0 Å². The fourth-order valence-electron chi connectivity index (χ4n) is 3.24. The van der Waals surface area contributed by atoms with Gasteiger partial charge in [-0.2, -0.15) is 0 Å². The zero-order valence-corrected chi connectivity index (χ0v) is 23.0. The van der Waals surface area contributed by atoms with E-state index >= 15 is 0 Å². The van der Waals surface area contributed by atoms with E-state index in [9.17, 15) is 9.59 Å². The Morgan fingerprint density at radius 1 is 0.658 bits per heavy atom. The Morgan fingerprint density at radius 3 is 1.66 bits per heavy atom. The Balaban J connectivity index is 1.91. The summed E-state index contributed by atoms with van der Waals surface area (Å²) in [6, 6.07) is 9.07. The van der Waals surface area contributed by atoms with Crippen LogP contribution < -0.4 is 10.6 Å². The number of amides is 2. The number of allylic oxidation sites excluding steroid dienone is 12. The minimum Gasteiger partial charge on any atom is -0.378 e. The van der Waals surface area contributed by atoms with Gasteiger partial charge in [0, 0.05) is 25.1 Å². The molecule has 0 saturated heterocycles. The SMILES string of the molecule is CC/C=C\C/C=C\C/C=C\C/C=C\C/C=C\C/C=C\CCC(=O)NCCOCCNC(=O)c1ccccc1. The van der Waals surface area contributed by atoms with Crippen LogP contribution in [0.5, 0.6) is 0 Å². The Hall–Kier alpha value is -3.44. The van der Waals surface area contributed by atoms with Crippen molar-refractivity contribution in [2.75, 3.05) is 26.3 Å². The van der Waals surface area contributed by atoms with E-state index in [1.807, 2.05) is 24.3 Å². The summed E-state index contributed by atoms with van der Waals surface area (Å²) in [4.78, 5) is 23.8. The molecule has 0 fully saturated rings. The number of hydrogen-bond acceptors (Lipinski definition) is 3. The van der Waals surface area contributed by atoms with Crippen LogP contribution in [0.15, 0.2) is 103 Å². The third kappa shape index (κ3) is 20.7. The lowest BCUT2D eigenvalue weighted by atomic mass is 10.2. The van der Waals surface area contributed by atoms with Crippen molar-refractivity contribution in [3.05, 3.63) is 109 Å². The molecule has 0 spiro atoms. The maximum Gasteiger partial charge on any atom is 0.251 e. The molecule has 0 atom stereocenters. The van der Waals surface area contributed by atoms with Gasteiger partial charge in [0.1, 0.15) is 0 Å². The summed E-state index contributed by atoms with van der Waals surface area (Å²) in [5.41, 5.74) is 0.631. The van der Waals surface area contributed by atoms with Crippen LogP contribution in [0.1, 0.15) is 68.6 Å². The van der Waals surface area contributed by atoms with E-state index in [1.165, 1.54) is 0 Å². The van der Waals surface area contributed by atoms with Gasteiger partial charge in [0.2, 0.25) is 5.91 Å². The zero-order valence-electron chi connectivity index (χ0n) is 23.0. The van der Waals surface area contributed by atoms with Crippen molar-refractivity contribution in [2.45, 2.75) is 58.3 Å². The van der Waals surface area contributed by atoms with E-state index < -0.39 is 0 Å². The Bertz CT molecular complexity index is 911. The molecule has 0 heterocycles. The van der Waals surface area contributed by atoms with Gasteiger partial charge in [-0.3, -0.25) is 9.59 Å². The van der Waals surface area contributed by atoms with E-state index in [-0.39, 0.29) is 11.8 Å². The van der Waals surface area contributed by atoms with Crippen molar-refractivity contribution in [2.24, 2.45) is 0 Å². The molecule has 0 saturated carbocycles. The zero-order chi connectivity index (χ0) is 27.4. The van der Waals surface area contributed by atoms with E-state index in [0.717, 1.165) is 44.9 Å². The van der Waals surface area contributed by atoms with Crippen LogP contribution in [-0.2, 0) is 9.53 Å². The standard InChI is InChI=1S/C33H46N2O3/c1-2-3-4-5-6-7-8-9-10-11-12-13-14-15-16-17-18-19-23-26-32(36)34-27-29-38-30-28-35-33(37)31-24-21-20-22-25-31/h3-4,6-7,9-10,12-13,15-16,18-22,24-25H,2,5,8,11,14,17,23,26-30H2,1H3,(H,34,36)(H,35,37)/b4-3-,7-6-,10-9-,13-12-,16-15-,19-18-. The predicted octanol–water partition coefficient (Wildman–Crippen LogP) is 7.03. The molecule has 38 heavy (non-hydrogen) atoms. The average Bonchev–Trinajstić information content (AvgIpc) is 2.94. The maximum absolute atomic E-state index is 11.9. The normalized spacial score (nSPS) is 12.2. The van der Waals surface area contributed by atoms with Crippen LogP contribution in [0.3, 0.4) is 0 Å². The summed E-state index contributed by atoms with van der Waals surface area (Å²) >= 11 is 0. The maximum atomic E-state index is 11.9. The minimum absolute atomic E-state index is 0.0190. The van der Waals surface area contributed by atoms with Gasteiger partial charge in [0.05, 0.1) is 13.2 Å². The number of hydrogen-bond donors (Lipinski definition) is 2. The van der Waals surface area contributed by atoms with E-state index in [0.29, 0.717) is 38.3 Å². The Morgan fingerprint density at radius 2 is 1.13 bits per heavy atom. The van der Waals surface area contributed by atoms with Crippen molar-refractivity contribution in [3.63, 3.8) is 0 Å². The molecular formula is C33H46N2O3. The molecule has 0 unspecified atom stereocenters. The molecule has 0 aliphatic heterocycles. The Kier molecular flexibility index (Phi) is 21.6. The molecule has 1 aromatic carbocycles. The number of ether oxygens (including phenoxy) is 1. The minimum atomic E-state index is -0.114. The number of benzene rings is 1. The first-order chi connectivity index (χ1) is 18.7. The van der Waals surface area contributed by atoms with Gasteiger partial charge in [-0.25, -0.2) is 0 Å². The van der Waals surface area contributed by atoms with Crippen LogP contribution in [0.4, 0.5) is 0 Å². The quantitative estimate of drug-likeness (QED) is 0.136. The summed E-state index contributed by atoms with van der Waals surface area (Å²) in [5.74, 6) is -0.0950. The molecule has 2 N–H and O–H groups in total. The second kappa shape index (κ2) is 25.2. The summed E-state index contributed by atoms with van der Waals surface area (Å²) in [6.07, 6.45) is 33.1. The number of carbonyl (C=O) groups excluding carboxylic acids is 2. The molecule has 1 aromatic rings. The molecule has 0 aromatic heterocycles. The lowest BCUT2D eigenvalue weighted by molar-refractivity contribution is -0.121. The monoisotopic (exact) mass is 518 g/mol. The molecule has 1 rings (SSSR count).